The molecule has 0 spiro atoms. The summed E-state index contributed by atoms with van der Waals surface area (Å²) < 4.78 is 84.1. The van der Waals surface area contributed by atoms with Crippen LogP contribution in [-0.4, -0.2) is 58.4 Å². The van der Waals surface area contributed by atoms with Crippen LogP contribution >= 0.6 is 0 Å². The number of rotatable bonds is 12. The third-order valence-electron chi connectivity index (χ3n) is 9.63. The molecule has 3 aromatic rings. The van der Waals surface area contributed by atoms with Crippen molar-refractivity contribution in [1.82, 2.24) is 14.9 Å². The van der Waals surface area contributed by atoms with Gasteiger partial charge in [-0.3, -0.25) is 0 Å². The van der Waals surface area contributed by atoms with Crippen LogP contribution < -0.4 is 20.2 Å². The molecule has 1 saturated carbocycles. The number of nitrogens with zero attached hydrogens (tertiary/aromatic N) is 4. The van der Waals surface area contributed by atoms with Gasteiger partial charge in [0.1, 0.15) is 17.6 Å². The van der Waals surface area contributed by atoms with Crippen LogP contribution in [0.15, 0.2) is 24.3 Å². The maximum Gasteiger partial charge on any atom is 0.412 e. The fourth-order valence-corrected chi connectivity index (χ4v) is 6.92. The summed E-state index contributed by atoms with van der Waals surface area (Å²) >= 11 is 0. The van der Waals surface area contributed by atoms with E-state index < -0.39 is 30.0 Å². The zero-order valence-corrected chi connectivity index (χ0v) is 26.8. The summed E-state index contributed by atoms with van der Waals surface area (Å²) in [6.07, 6.45) is 10.6. The molecule has 0 amide bonds. The number of alkyl halides is 3. The highest BCUT2D eigenvalue weighted by atomic mass is 19.4. The Hall–Kier alpha value is -3.84. The molecule has 6 nitrogen and oxygen atoms in total. The van der Waals surface area contributed by atoms with Gasteiger partial charge < -0.3 is 19.6 Å². The molecule has 2 aliphatic heterocycles. The maximum atomic E-state index is 15.0. The van der Waals surface area contributed by atoms with E-state index in [1.807, 2.05) is 6.92 Å². The van der Waals surface area contributed by atoms with E-state index in [1.165, 1.54) is 18.3 Å². The molecule has 2 unspecified atom stereocenters. The number of hydrogen-bond donors (Lipinski definition) is 1. The SMILES string of the molecule is [2H]C([2H])(Oc1nc(C(CC)CCCCC)c2c(n1)=CN(c1cc(O)cc3ccc(F)c(C#C)c13)C(C(F)(F)F)C=2)C1(CN2CCCC2)CC1. The largest absolute Gasteiger partial charge is 0.508 e. The second-order valence-corrected chi connectivity index (χ2v) is 13.1. The Morgan fingerprint density at radius 2 is 1.94 bits per heavy atom. The molecule has 3 aliphatic rings. The smallest absolute Gasteiger partial charge is 0.412 e. The number of ether oxygens (including phenoxy) is 1. The molecule has 2 aromatic carbocycles. The normalized spacial score (nSPS) is 20.4. The van der Waals surface area contributed by atoms with E-state index in [0.29, 0.717) is 37.9 Å². The van der Waals surface area contributed by atoms with Gasteiger partial charge in [-0.15, -0.1) is 6.42 Å². The number of hydrogen-bond acceptors (Lipinski definition) is 6. The third-order valence-corrected chi connectivity index (χ3v) is 9.63. The van der Waals surface area contributed by atoms with Crippen LogP contribution in [0.2, 0.25) is 0 Å². The van der Waals surface area contributed by atoms with Crippen molar-refractivity contribution < 1.29 is 30.1 Å². The van der Waals surface area contributed by atoms with Crippen LogP contribution in [0, 0.1) is 23.6 Å². The maximum absolute atomic E-state index is 15.0. The molecule has 2 atom stereocenters. The van der Waals surface area contributed by atoms with Crippen LogP contribution in [0.5, 0.6) is 11.8 Å². The Labute approximate surface area is 276 Å². The molecule has 10 heteroatoms. The van der Waals surface area contributed by atoms with Crippen molar-refractivity contribution in [1.29, 1.82) is 0 Å². The lowest BCUT2D eigenvalue weighted by atomic mass is 9.92. The molecule has 6 rings (SSSR count). The van der Waals surface area contributed by atoms with E-state index in [-0.39, 0.29) is 50.3 Å². The topological polar surface area (TPSA) is 61.7 Å². The highest BCUT2D eigenvalue weighted by Crippen LogP contribution is 2.47. The van der Waals surface area contributed by atoms with Gasteiger partial charge in [0.25, 0.3) is 0 Å². The molecule has 1 N–H and O–H groups in total. The summed E-state index contributed by atoms with van der Waals surface area (Å²) in [4.78, 5) is 12.4. The van der Waals surface area contributed by atoms with Gasteiger partial charge in [-0.2, -0.15) is 23.1 Å². The van der Waals surface area contributed by atoms with E-state index in [9.17, 15) is 9.50 Å². The van der Waals surface area contributed by atoms with Gasteiger partial charge in [-0.1, -0.05) is 45.1 Å². The minimum Gasteiger partial charge on any atom is -0.508 e. The summed E-state index contributed by atoms with van der Waals surface area (Å²) in [7, 11) is 0. The number of aromatic nitrogens is 2. The number of anilines is 1. The van der Waals surface area contributed by atoms with E-state index in [1.54, 1.807) is 0 Å². The molecule has 2 fully saturated rings. The lowest BCUT2D eigenvalue weighted by Gasteiger charge is -2.33. The Balaban J connectivity index is 1.54. The van der Waals surface area contributed by atoms with E-state index in [4.69, 9.17) is 13.9 Å². The molecule has 0 radical (unpaired) electrons. The Morgan fingerprint density at radius 3 is 2.60 bits per heavy atom. The number of phenols is 1. The lowest BCUT2D eigenvalue weighted by molar-refractivity contribution is -0.132. The van der Waals surface area contributed by atoms with Gasteiger partial charge in [0.15, 0.2) is 0 Å². The zero-order chi connectivity index (χ0) is 35.1. The van der Waals surface area contributed by atoms with Crippen molar-refractivity contribution in [2.45, 2.75) is 89.8 Å². The van der Waals surface area contributed by atoms with Crippen LogP contribution in [-0.2, 0) is 0 Å². The summed E-state index contributed by atoms with van der Waals surface area (Å²) in [6, 6.07) is 2.43. The number of likely N-dealkylation sites (tertiary alicyclic amines) is 1. The second-order valence-electron chi connectivity index (χ2n) is 13.1. The minimum atomic E-state index is -4.81. The molecule has 3 heterocycles. The van der Waals surface area contributed by atoms with Crippen LogP contribution in [0.4, 0.5) is 23.2 Å². The second kappa shape index (κ2) is 13.3. The van der Waals surface area contributed by atoms with Crippen molar-refractivity contribution in [3.8, 4) is 24.1 Å². The van der Waals surface area contributed by atoms with Gasteiger partial charge >= 0.3 is 12.2 Å². The zero-order valence-electron chi connectivity index (χ0n) is 28.8. The van der Waals surface area contributed by atoms with Crippen molar-refractivity contribution in [3.05, 3.63) is 51.9 Å². The average Bonchev–Trinajstić information content (AvgIpc) is 3.67. The molecule has 1 aromatic heterocycles. The predicted molar refractivity (Wildman–Crippen MR) is 176 cm³/mol. The first-order valence-electron chi connectivity index (χ1n) is 17.6. The first kappa shape index (κ1) is 30.5. The van der Waals surface area contributed by atoms with Gasteiger partial charge in [-0.25, -0.2) is 4.39 Å². The Kier molecular flexibility index (Phi) is 8.66. The molecule has 1 saturated heterocycles. The van der Waals surface area contributed by atoms with Gasteiger partial charge in [0.2, 0.25) is 0 Å². The van der Waals surface area contributed by atoms with Crippen LogP contribution in [0.3, 0.4) is 0 Å². The van der Waals surface area contributed by atoms with Crippen LogP contribution in [0.1, 0.15) is 91.6 Å². The molecule has 47 heavy (non-hydrogen) atoms. The molecular formula is C37H42F4N4O2. The van der Waals surface area contributed by atoms with Gasteiger partial charge in [0.05, 0.1) is 31.6 Å². The number of aromatic hydroxyl groups is 1. The standard InChI is InChI=1S/C37H42F4N4O2/c1-4-7-8-11-24(5-2)34-28-20-32(37(39,40)41)45(31-19-26(46)18-25-12-13-29(38)27(6-3)33(25)31)21-30(28)42-35(43-34)47-23-36(14-15-36)22-44-16-9-10-17-44/h3,12-13,18-21,24,32,46H,4-5,7-11,14-17,22-23H2,1-2H3/i23D2. The van der Waals surface area contributed by atoms with E-state index >= 15 is 13.2 Å². The first-order valence-corrected chi connectivity index (χ1v) is 16.6. The first-order chi connectivity index (χ1) is 23.3. The fraction of sp³-hybridized carbons (Fsp3) is 0.514. The van der Waals surface area contributed by atoms with Crippen molar-refractivity contribution >= 4 is 28.7 Å². The number of terminal acetylenes is 1. The summed E-state index contributed by atoms with van der Waals surface area (Å²) in [5.41, 5.74) is -0.744. The van der Waals surface area contributed by atoms with E-state index in [0.717, 1.165) is 68.3 Å². The fourth-order valence-electron chi connectivity index (χ4n) is 6.92. The number of fused-ring (bicyclic) bond motifs is 2. The molecule has 250 valence electrons. The summed E-state index contributed by atoms with van der Waals surface area (Å²) in [5.74, 6) is 0.927. The quantitative estimate of drug-likeness (QED) is 0.133. The lowest BCUT2D eigenvalue weighted by Crippen LogP contribution is -2.51. The van der Waals surface area contributed by atoms with Gasteiger partial charge in [0, 0.05) is 40.7 Å². The average molecular weight is 653 g/mol. The Morgan fingerprint density at radius 1 is 1.17 bits per heavy atom. The molecular weight excluding hydrogens is 608 g/mol. The monoisotopic (exact) mass is 652 g/mol. The number of benzene rings is 2. The van der Waals surface area contributed by atoms with Crippen molar-refractivity contribution in [3.63, 3.8) is 0 Å². The Bertz CT molecular complexity index is 1880. The predicted octanol–water partition coefficient (Wildman–Crippen LogP) is 6.75. The number of halogens is 4. The number of phenolic OH excluding ortho intramolecular Hbond substituents is 1. The minimum absolute atomic E-state index is 0.0355. The number of unbranched alkanes of at least 4 members (excludes halogenated alkanes) is 2. The molecule has 0 bridgehead atoms. The summed E-state index contributed by atoms with van der Waals surface area (Å²) in [5, 5.41) is 11.2. The van der Waals surface area contributed by atoms with Crippen LogP contribution in [0.25, 0.3) is 23.0 Å². The highest BCUT2D eigenvalue weighted by molar-refractivity contribution is 6.01. The third kappa shape index (κ3) is 6.92. The van der Waals surface area contributed by atoms with E-state index in [2.05, 4.69) is 27.7 Å². The molecule has 1 aliphatic carbocycles. The van der Waals surface area contributed by atoms with Crippen molar-refractivity contribution in [2.75, 3.05) is 31.1 Å². The summed E-state index contributed by atoms with van der Waals surface area (Å²) in [6.45, 7) is 4.26. The highest BCUT2D eigenvalue weighted by Gasteiger charge is 2.46. The van der Waals surface area contributed by atoms with Gasteiger partial charge in [-0.05, 0) is 75.2 Å². The van der Waals surface area contributed by atoms with Crippen molar-refractivity contribution in [2.24, 2.45) is 5.41 Å².